The number of benzene rings is 1. The number of hydrogen-bond acceptors (Lipinski definition) is 4. The van der Waals surface area contributed by atoms with Gasteiger partial charge in [0.2, 0.25) is 0 Å². The highest BCUT2D eigenvalue weighted by Crippen LogP contribution is 2.24. The van der Waals surface area contributed by atoms with Gasteiger partial charge in [-0.2, -0.15) is 0 Å². The second kappa shape index (κ2) is 6.39. The molecule has 0 amide bonds. The maximum Gasteiger partial charge on any atom is 0.573 e. The van der Waals surface area contributed by atoms with Crippen LogP contribution in [0.5, 0.6) is 5.75 Å². The Balaban J connectivity index is 1.98. The van der Waals surface area contributed by atoms with E-state index in [0.717, 1.165) is 16.7 Å². The molecule has 25 heavy (non-hydrogen) atoms. The number of rotatable bonds is 3. The Morgan fingerprint density at radius 1 is 1.12 bits per heavy atom. The molecule has 2 aromatic rings. The molecule has 0 atom stereocenters. The van der Waals surface area contributed by atoms with E-state index in [9.17, 15) is 18.0 Å². The standard InChI is InChI=1S/C17H14F3N3O2/c1-11-8-16(24)23(10-15(11)12-6-7-21-22-9-12)13-2-4-14(5-3-13)25-17(18,19)20/h2-10,21-22H,1H3. The average molecular weight is 349 g/mol. The van der Waals surface area contributed by atoms with Crippen molar-refractivity contribution in [2.45, 2.75) is 13.3 Å². The van der Waals surface area contributed by atoms with E-state index < -0.39 is 6.36 Å². The fourth-order valence-electron chi connectivity index (χ4n) is 2.45. The van der Waals surface area contributed by atoms with Crippen LogP contribution in [-0.2, 0) is 0 Å². The largest absolute Gasteiger partial charge is 0.573 e. The van der Waals surface area contributed by atoms with E-state index in [4.69, 9.17) is 0 Å². The molecule has 2 heterocycles. The number of nitrogens with zero attached hydrogens (tertiary/aromatic N) is 1. The molecule has 0 saturated heterocycles. The molecule has 0 spiro atoms. The summed E-state index contributed by atoms with van der Waals surface area (Å²) >= 11 is 0. The summed E-state index contributed by atoms with van der Waals surface area (Å²) in [6.45, 7) is 1.82. The summed E-state index contributed by atoms with van der Waals surface area (Å²) in [4.78, 5) is 12.3. The van der Waals surface area contributed by atoms with Gasteiger partial charge in [0.25, 0.3) is 5.56 Å². The van der Waals surface area contributed by atoms with E-state index in [2.05, 4.69) is 15.6 Å². The number of hydrazine groups is 1. The van der Waals surface area contributed by atoms with Gasteiger partial charge >= 0.3 is 6.36 Å². The molecule has 1 aliphatic heterocycles. The van der Waals surface area contributed by atoms with Gasteiger partial charge in [-0.3, -0.25) is 9.36 Å². The van der Waals surface area contributed by atoms with Gasteiger partial charge in [0.05, 0.1) is 0 Å². The molecule has 0 bridgehead atoms. The molecule has 2 N–H and O–H groups in total. The molecule has 5 nitrogen and oxygen atoms in total. The van der Waals surface area contributed by atoms with Gasteiger partial charge < -0.3 is 15.6 Å². The van der Waals surface area contributed by atoms with Gasteiger partial charge in [0.1, 0.15) is 5.75 Å². The van der Waals surface area contributed by atoms with E-state index in [1.165, 1.54) is 34.9 Å². The summed E-state index contributed by atoms with van der Waals surface area (Å²) in [5.74, 6) is -0.343. The molecule has 3 rings (SSSR count). The van der Waals surface area contributed by atoms with Gasteiger partial charge in [-0.05, 0) is 42.8 Å². The maximum atomic E-state index is 12.3. The second-order valence-corrected chi connectivity index (χ2v) is 5.34. The average Bonchev–Trinajstić information content (AvgIpc) is 2.55. The van der Waals surface area contributed by atoms with Gasteiger partial charge in [-0.1, -0.05) is 0 Å². The normalized spacial score (nSPS) is 13.7. The lowest BCUT2D eigenvalue weighted by molar-refractivity contribution is -0.274. The van der Waals surface area contributed by atoms with Gasteiger partial charge in [-0.25, -0.2) is 0 Å². The number of aromatic nitrogens is 1. The number of ether oxygens (including phenoxy) is 1. The first-order valence-electron chi connectivity index (χ1n) is 7.31. The smallest absolute Gasteiger partial charge is 0.406 e. The Labute approximate surface area is 141 Å². The van der Waals surface area contributed by atoms with Crippen molar-refractivity contribution in [3.63, 3.8) is 0 Å². The molecular weight excluding hydrogens is 335 g/mol. The van der Waals surface area contributed by atoms with Crippen LogP contribution >= 0.6 is 0 Å². The van der Waals surface area contributed by atoms with Crippen LogP contribution in [0.3, 0.4) is 0 Å². The molecule has 1 aromatic heterocycles. The minimum absolute atomic E-state index is 0.280. The Hall–Kier alpha value is -3.16. The van der Waals surface area contributed by atoms with Crippen molar-refractivity contribution in [1.82, 2.24) is 15.4 Å². The third-order valence-electron chi connectivity index (χ3n) is 3.58. The van der Waals surface area contributed by atoms with Crippen molar-refractivity contribution in [2.75, 3.05) is 0 Å². The Morgan fingerprint density at radius 2 is 1.84 bits per heavy atom. The zero-order valence-electron chi connectivity index (χ0n) is 13.1. The van der Waals surface area contributed by atoms with E-state index in [1.54, 1.807) is 18.6 Å². The molecular formula is C17H14F3N3O2. The molecule has 1 aliphatic rings. The van der Waals surface area contributed by atoms with Gasteiger partial charge in [0.15, 0.2) is 0 Å². The first-order chi connectivity index (χ1) is 11.8. The van der Waals surface area contributed by atoms with Crippen molar-refractivity contribution < 1.29 is 17.9 Å². The summed E-state index contributed by atoms with van der Waals surface area (Å²) in [5.41, 5.74) is 8.29. The molecule has 130 valence electrons. The zero-order valence-corrected chi connectivity index (χ0v) is 13.1. The molecule has 8 heteroatoms. The SMILES string of the molecule is Cc1cc(=O)n(-c2ccc(OC(F)(F)F)cc2)cc1C1=CNNC=C1. The lowest BCUT2D eigenvalue weighted by Crippen LogP contribution is -2.24. The predicted molar refractivity (Wildman–Crippen MR) is 86.8 cm³/mol. The van der Waals surface area contributed by atoms with E-state index in [0.29, 0.717) is 5.69 Å². The Morgan fingerprint density at radius 3 is 2.44 bits per heavy atom. The summed E-state index contributed by atoms with van der Waals surface area (Å²) in [6.07, 6.45) is 2.20. The van der Waals surface area contributed by atoms with Crippen molar-refractivity contribution in [3.8, 4) is 11.4 Å². The molecule has 0 unspecified atom stereocenters. The highest BCUT2D eigenvalue weighted by atomic mass is 19.4. The minimum atomic E-state index is -4.75. The second-order valence-electron chi connectivity index (χ2n) is 5.34. The Kier molecular flexibility index (Phi) is 4.26. The number of hydrogen-bond donors (Lipinski definition) is 2. The number of aryl methyl sites for hydroxylation is 1. The van der Waals surface area contributed by atoms with E-state index in [-0.39, 0.29) is 11.3 Å². The Bertz CT molecular complexity index is 897. The topological polar surface area (TPSA) is 55.3 Å². The lowest BCUT2D eigenvalue weighted by atomic mass is 10.0. The lowest BCUT2D eigenvalue weighted by Gasteiger charge is -2.15. The zero-order chi connectivity index (χ0) is 18.0. The van der Waals surface area contributed by atoms with Gasteiger partial charge in [-0.15, -0.1) is 13.2 Å². The van der Waals surface area contributed by atoms with Gasteiger partial charge in [0, 0.05) is 41.5 Å². The fraction of sp³-hybridized carbons (Fsp3) is 0.118. The molecule has 0 fully saturated rings. The first kappa shape index (κ1) is 16.7. The van der Waals surface area contributed by atoms with Crippen molar-refractivity contribution in [2.24, 2.45) is 0 Å². The van der Waals surface area contributed by atoms with Crippen LogP contribution < -0.4 is 21.1 Å². The molecule has 1 aromatic carbocycles. The third kappa shape index (κ3) is 3.85. The van der Waals surface area contributed by atoms with E-state index in [1.807, 2.05) is 13.0 Å². The number of nitrogens with one attached hydrogen (secondary N) is 2. The van der Waals surface area contributed by atoms with Crippen LogP contribution in [0.25, 0.3) is 11.3 Å². The monoisotopic (exact) mass is 349 g/mol. The van der Waals surface area contributed by atoms with Crippen molar-refractivity contribution in [3.05, 3.63) is 76.5 Å². The van der Waals surface area contributed by atoms with E-state index >= 15 is 0 Å². The van der Waals surface area contributed by atoms with Crippen molar-refractivity contribution >= 4 is 5.57 Å². The highest BCUT2D eigenvalue weighted by Gasteiger charge is 2.31. The first-order valence-corrected chi connectivity index (χ1v) is 7.31. The number of allylic oxidation sites excluding steroid dienone is 2. The van der Waals surface area contributed by atoms with Crippen LogP contribution in [0.4, 0.5) is 13.2 Å². The van der Waals surface area contributed by atoms with Crippen LogP contribution in [-0.4, -0.2) is 10.9 Å². The minimum Gasteiger partial charge on any atom is -0.406 e. The number of alkyl halides is 3. The summed E-state index contributed by atoms with van der Waals surface area (Å²) in [5, 5.41) is 0. The highest BCUT2D eigenvalue weighted by molar-refractivity contribution is 5.75. The van der Waals surface area contributed by atoms with Crippen LogP contribution in [0.1, 0.15) is 11.1 Å². The molecule has 0 saturated carbocycles. The summed E-state index contributed by atoms with van der Waals surface area (Å²) in [6, 6.07) is 6.60. The molecule has 0 radical (unpaired) electrons. The van der Waals surface area contributed by atoms with Crippen LogP contribution in [0, 0.1) is 6.92 Å². The van der Waals surface area contributed by atoms with Crippen LogP contribution in [0.15, 0.2) is 59.8 Å². The summed E-state index contributed by atoms with van der Waals surface area (Å²) < 4.78 is 41.9. The molecule has 0 aliphatic carbocycles. The summed E-state index contributed by atoms with van der Waals surface area (Å²) in [7, 11) is 0. The maximum absolute atomic E-state index is 12.3. The third-order valence-corrected chi connectivity index (χ3v) is 3.58. The van der Waals surface area contributed by atoms with Crippen molar-refractivity contribution in [1.29, 1.82) is 0 Å². The fourth-order valence-corrected chi connectivity index (χ4v) is 2.45. The predicted octanol–water partition coefficient (Wildman–Crippen LogP) is 3.01. The quantitative estimate of drug-likeness (QED) is 0.895. The van der Waals surface area contributed by atoms with Crippen LogP contribution in [0.2, 0.25) is 0 Å². The number of halogens is 3. The number of pyridine rings is 1.